The number of hydrogen-bond acceptors (Lipinski definition) is 5. The Labute approximate surface area is 286 Å². The van der Waals surface area contributed by atoms with E-state index in [1.54, 1.807) is 30.5 Å². The average molecular weight is 840 g/mol. The highest BCUT2D eigenvalue weighted by Crippen LogP contribution is 2.30. The van der Waals surface area contributed by atoms with E-state index in [0.29, 0.717) is 28.2 Å². The minimum atomic E-state index is -0.464. The first-order valence-corrected chi connectivity index (χ1v) is 16.0. The highest BCUT2D eigenvalue weighted by Gasteiger charge is 2.13. The molecule has 0 saturated heterocycles. The summed E-state index contributed by atoms with van der Waals surface area (Å²) in [6, 6.07) is 24.5. The van der Waals surface area contributed by atoms with E-state index in [0.717, 1.165) is 29.7 Å². The number of nitrogens with one attached hydrogen (secondary N) is 1. The maximum Gasteiger partial charge on any atom is 0.307 e. The largest absolute Gasteiger partial charge is 0.487 e. The van der Waals surface area contributed by atoms with Gasteiger partial charge in [-0.05, 0) is 137 Å². The summed E-state index contributed by atoms with van der Waals surface area (Å²) in [6.45, 7) is 4.64. The van der Waals surface area contributed by atoms with Crippen molar-refractivity contribution in [3.8, 4) is 17.2 Å². The van der Waals surface area contributed by atoms with E-state index in [1.807, 2.05) is 42.5 Å². The molecule has 0 aliphatic heterocycles. The highest BCUT2D eigenvalue weighted by molar-refractivity contribution is 14.1. The van der Waals surface area contributed by atoms with E-state index in [4.69, 9.17) is 37.1 Å². The van der Waals surface area contributed by atoms with Gasteiger partial charge in [-0.1, -0.05) is 29.3 Å². The molecule has 0 aliphatic rings. The second kappa shape index (κ2) is 14.2. The van der Waals surface area contributed by atoms with E-state index in [9.17, 15) is 4.79 Å². The summed E-state index contributed by atoms with van der Waals surface area (Å²) in [5.74, 6) is 1.63. The molecule has 1 N–H and O–H groups in total. The van der Waals surface area contributed by atoms with Gasteiger partial charge in [0, 0.05) is 32.7 Å². The molecule has 5 aromatic rings. The zero-order chi connectivity index (χ0) is 30.5. The number of furan rings is 1. The maximum atomic E-state index is 12.6. The quantitative estimate of drug-likeness (QED) is 0.0866. The van der Waals surface area contributed by atoms with Gasteiger partial charge >= 0.3 is 5.91 Å². The molecule has 0 saturated carbocycles. The molecule has 0 fully saturated rings. The Morgan fingerprint density at radius 3 is 2.28 bits per heavy atom. The smallest absolute Gasteiger partial charge is 0.307 e. The van der Waals surface area contributed by atoms with Crippen LogP contribution < -0.4 is 14.9 Å². The van der Waals surface area contributed by atoms with Crippen molar-refractivity contribution in [1.82, 2.24) is 9.99 Å². The number of hydrazone groups is 1. The van der Waals surface area contributed by atoms with Crippen molar-refractivity contribution in [2.45, 2.75) is 27.1 Å². The third-order valence-electron chi connectivity index (χ3n) is 6.42. The molecule has 0 aliphatic carbocycles. The second-order valence-electron chi connectivity index (χ2n) is 9.54. The lowest BCUT2D eigenvalue weighted by atomic mass is 10.2. The van der Waals surface area contributed by atoms with Crippen molar-refractivity contribution in [2.75, 3.05) is 0 Å². The number of hydrogen-bond donors (Lipinski definition) is 1. The Hall–Kier alpha value is -3.00. The number of amides is 1. The average Bonchev–Trinajstić information content (AvgIpc) is 3.59. The van der Waals surface area contributed by atoms with E-state index in [2.05, 4.69) is 86.3 Å². The fourth-order valence-electron chi connectivity index (χ4n) is 4.30. The summed E-state index contributed by atoms with van der Waals surface area (Å²) in [6.07, 6.45) is 1.56. The van der Waals surface area contributed by atoms with Crippen molar-refractivity contribution in [1.29, 1.82) is 0 Å². The van der Waals surface area contributed by atoms with E-state index < -0.39 is 5.91 Å². The SMILES string of the molecule is Cc1ccc(C)n1-c1ccc(OCc2ccc(C(=O)N/N=C/c3cc(I)c(OCc4ccc(Cl)cc4Cl)c(I)c3)o2)cc1. The van der Waals surface area contributed by atoms with E-state index >= 15 is 0 Å². The fraction of sp³-hybridized carbons (Fsp3) is 0.125. The van der Waals surface area contributed by atoms with Crippen molar-refractivity contribution < 1.29 is 18.7 Å². The minimum Gasteiger partial charge on any atom is -0.487 e. The molecule has 2 aromatic heterocycles. The summed E-state index contributed by atoms with van der Waals surface area (Å²) < 4.78 is 21.5. The van der Waals surface area contributed by atoms with Gasteiger partial charge in [-0.25, -0.2) is 5.43 Å². The molecule has 7 nitrogen and oxygen atoms in total. The fourth-order valence-corrected chi connectivity index (χ4v) is 6.89. The molecule has 0 spiro atoms. The Bertz CT molecular complexity index is 1760. The summed E-state index contributed by atoms with van der Waals surface area (Å²) >= 11 is 16.6. The molecule has 5 rings (SSSR count). The van der Waals surface area contributed by atoms with Gasteiger partial charge in [0.05, 0.1) is 13.4 Å². The number of nitrogens with zero attached hydrogens (tertiary/aromatic N) is 2. The van der Waals surface area contributed by atoms with Crippen LogP contribution in [0.3, 0.4) is 0 Å². The topological polar surface area (TPSA) is 78.0 Å². The lowest BCUT2D eigenvalue weighted by molar-refractivity contribution is 0.0923. The van der Waals surface area contributed by atoms with Crippen LogP contribution in [0.25, 0.3) is 5.69 Å². The first kappa shape index (κ1) is 31.4. The van der Waals surface area contributed by atoms with Crippen LogP contribution >= 0.6 is 68.4 Å². The van der Waals surface area contributed by atoms with Crippen molar-refractivity contribution >= 4 is 80.5 Å². The first-order valence-electron chi connectivity index (χ1n) is 13.0. The molecule has 2 heterocycles. The monoisotopic (exact) mass is 839 g/mol. The molecular formula is C32H25Cl2I2N3O4. The van der Waals surface area contributed by atoms with Crippen molar-refractivity contribution in [2.24, 2.45) is 5.10 Å². The molecular weight excluding hydrogens is 815 g/mol. The van der Waals surface area contributed by atoms with Gasteiger partial charge in [0.25, 0.3) is 0 Å². The predicted octanol–water partition coefficient (Wildman–Crippen LogP) is 9.13. The summed E-state index contributed by atoms with van der Waals surface area (Å²) in [7, 11) is 0. The second-order valence-corrected chi connectivity index (χ2v) is 12.7. The minimum absolute atomic E-state index is 0.137. The lowest BCUT2D eigenvalue weighted by Gasteiger charge is -2.12. The van der Waals surface area contributed by atoms with Crippen LogP contribution in [0.15, 0.2) is 88.4 Å². The summed E-state index contributed by atoms with van der Waals surface area (Å²) in [5, 5.41) is 5.22. The molecule has 1 amide bonds. The normalized spacial score (nSPS) is 11.2. The van der Waals surface area contributed by atoms with Crippen LogP contribution in [0.2, 0.25) is 10.0 Å². The van der Waals surface area contributed by atoms with Gasteiger partial charge in [-0.3, -0.25) is 4.79 Å². The molecule has 0 bridgehead atoms. The van der Waals surface area contributed by atoms with Gasteiger partial charge in [-0.2, -0.15) is 5.10 Å². The Balaban J connectivity index is 1.13. The third-order valence-corrected chi connectivity index (χ3v) is 8.61. The molecule has 11 heteroatoms. The summed E-state index contributed by atoms with van der Waals surface area (Å²) in [4.78, 5) is 12.6. The molecule has 220 valence electrons. The molecule has 3 aromatic carbocycles. The number of aryl methyl sites for hydroxylation is 2. The highest BCUT2D eigenvalue weighted by atomic mass is 127. The van der Waals surface area contributed by atoms with Gasteiger partial charge in [0.1, 0.15) is 30.5 Å². The van der Waals surface area contributed by atoms with Crippen LogP contribution in [0, 0.1) is 21.0 Å². The maximum absolute atomic E-state index is 12.6. The number of carbonyl (C=O) groups excluding carboxylic acids is 1. The molecule has 0 atom stereocenters. The van der Waals surface area contributed by atoms with Gasteiger partial charge in [-0.15, -0.1) is 0 Å². The van der Waals surface area contributed by atoms with Crippen LogP contribution in [-0.4, -0.2) is 16.7 Å². The van der Waals surface area contributed by atoms with E-state index in [1.165, 1.54) is 11.4 Å². The molecule has 43 heavy (non-hydrogen) atoms. The summed E-state index contributed by atoms with van der Waals surface area (Å²) in [5.41, 5.74) is 7.55. The van der Waals surface area contributed by atoms with Crippen LogP contribution in [-0.2, 0) is 13.2 Å². The van der Waals surface area contributed by atoms with Gasteiger partial charge in [0.15, 0.2) is 5.76 Å². The zero-order valence-corrected chi connectivity index (χ0v) is 28.9. The van der Waals surface area contributed by atoms with Crippen LogP contribution in [0.4, 0.5) is 0 Å². The molecule has 0 unspecified atom stereocenters. The number of aromatic nitrogens is 1. The lowest BCUT2D eigenvalue weighted by Crippen LogP contribution is -2.16. The zero-order valence-electron chi connectivity index (χ0n) is 23.0. The Morgan fingerprint density at radius 1 is 0.907 bits per heavy atom. The standard InChI is InChI=1S/C32H25Cl2I2N3O4/c1-19-3-4-20(2)39(19)24-7-9-25(10-8-24)41-18-26-11-12-30(43-26)32(40)38-37-16-21-13-28(35)31(29(36)14-21)42-17-22-5-6-23(33)15-27(22)34/h3-16H,17-18H2,1-2H3,(H,38,40)/b37-16+. The van der Waals surface area contributed by atoms with Crippen molar-refractivity contribution in [3.05, 3.63) is 130 Å². The third kappa shape index (κ3) is 7.94. The molecule has 0 radical (unpaired) electrons. The van der Waals surface area contributed by atoms with Gasteiger partial charge in [0.2, 0.25) is 0 Å². The number of benzene rings is 3. The Kier molecular flexibility index (Phi) is 10.4. The van der Waals surface area contributed by atoms with E-state index in [-0.39, 0.29) is 12.4 Å². The Morgan fingerprint density at radius 2 is 1.60 bits per heavy atom. The predicted molar refractivity (Wildman–Crippen MR) is 186 cm³/mol. The van der Waals surface area contributed by atoms with Crippen LogP contribution in [0.5, 0.6) is 11.5 Å². The van der Waals surface area contributed by atoms with Gasteiger partial charge < -0.3 is 18.5 Å². The number of halogens is 4. The first-order chi connectivity index (χ1) is 20.7. The van der Waals surface area contributed by atoms with Crippen molar-refractivity contribution in [3.63, 3.8) is 0 Å². The number of carbonyl (C=O) groups is 1. The number of rotatable bonds is 10. The number of ether oxygens (including phenoxy) is 2. The van der Waals surface area contributed by atoms with Crippen LogP contribution in [0.1, 0.15) is 38.8 Å².